The molecule has 21 heavy (non-hydrogen) atoms. The monoisotopic (exact) mass is 280 g/mol. The molecule has 3 aromatic rings. The summed E-state index contributed by atoms with van der Waals surface area (Å²) < 4.78 is 7.67. The highest BCUT2D eigenvalue weighted by atomic mass is 16.5. The van der Waals surface area contributed by atoms with Crippen molar-refractivity contribution < 1.29 is 4.74 Å². The summed E-state index contributed by atoms with van der Waals surface area (Å²) in [6, 6.07) is 13.4. The fourth-order valence-corrected chi connectivity index (χ4v) is 1.91. The Kier molecular flexibility index (Phi) is 3.82. The standard InChI is InChI=1S/C16H16N4O/c1-20-12-17-9-13(20)10-18-16-8-7-15(11-19-16)21-14-5-3-2-4-6-14/h2-9,11-12H,10H2,1H3,(H,18,19). The lowest BCUT2D eigenvalue weighted by Gasteiger charge is -2.08. The van der Waals surface area contributed by atoms with E-state index in [1.165, 1.54) is 0 Å². The zero-order chi connectivity index (χ0) is 14.5. The topological polar surface area (TPSA) is 52.0 Å². The van der Waals surface area contributed by atoms with E-state index in [2.05, 4.69) is 15.3 Å². The summed E-state index contributed by atoms with van der Waals surface area (Å²) in [5.74, 6) is 2.32. The van der Waals surface area contributed by atoms with Crippen LogP contribution in [0, 0.1) is 0 Å². The van der Waals surface area contributed by atoms with Crippen LogP contribution in [0.4, 0.5) is 5.82 Å². The number of aromatic nitrogens is 3. The normalized spacial score (nSPS) is 10.3. The maximum absolute atomic E-state index is 5.70. The van der Waals surface area contributed by atoms with Gasteiger partial charge in [0.05, 0.1) is 24.8 Å². The van der Waals surface area contributed by atoms with E-state index >= 15 is 0 Å². The molecule has 0 radical (unpaired) electrons. The SMILES string of the molecule is Cn1cncc1CNc1ccc(Oc2ccccc2)cn1. The third-order valence-corrected chi connectivity index (χ3v) is 3.08. The average Bonchev–Trinajstić information content (AvgIpc) is 2.93. The Balaban J connectivity index is 1.60. The van der Waals surface area contributed by atoms with Gasteiger partial charge in [-0.2, -0.15) is 0 Å². The fraction of sp³-hybridized carbons (Fsp3) is 0.125. The molecular formula is C16H16N4O. The molecule has 0 unspecified atom stereocenters. The Hall–Kier alpha value is -2.82. The molecular weight excluding hydrogens is 264 g/mol. The van der Waals surface area contributed by atoms with Crippen LogP contribution in [0.5, 0.6) is 11.5 Å². The lowest BCUT2D eigenvalue weighted by Crippen LogP contribution is -2.05. The summed E-state index contributed by atoms with van der Waals surface area (Å²) in [7, 11) is 1.97. The first-order chi connectivity index (χ1) is 10.3. The largest absolute Gasteiger partial charge is 0.456 e. The molecule has 0 saturated heterocycles. The first-order valence-electron chi connectivity index (χ1n) is 6.69. The van der Waals surface area contributed by atoms with E-state index in [-0.39, 0.29) is 0 Å². The number of aryl methyl sites for hydroxylation is 1. The van der Waals surface area contributed by atoms with E-state index in [9.17, 15) is 0 Å². The minimum absolute atomic E-state index is 0.683. The van der Waals surface area contributed by atoms with Crippen LogP contribution in [0.2, 0.25) is 0 Å². The van der Waals surface area contributed by atoms with Crippen molar-refractivity contribution in [1.82, 2.24) is 14.5 Å². The number of nitrogens with zero attached hydrogens (tertiary/aromatic N) is 3. The first-order valence-corrected chi connectivity index (χ1v) is 6.69. The molecule has 0 aliphatic rings. The fourth-order valence-electron chi connectivity index (χ4n) is 1.91. The predicted octanol–water partition coefficient (Wildman–Crippen LogP) is 3.22. The van der Waals surface area contributed by atoms with E-state index in [1.54, 1.807) is 12.5 Å². The van der Waals surface area contributed by atoms with E-state index in [1.807, 2.05) is 60.3 Å². The third kappa shape index (κ3) is 3.39. The molecule has 1 aromatic carbocycles. The number of hydrogen-bond acceptors (Lipinski definition) is 4. The smallest absolute Gasteiger partial charge is 0.145 e. The van der Waals surface area contributed by atoms with Crippen LogP contribution in [-0.2, 0) is 13.6 Å². The van der Waals surface area contributed by atoms with Crippen LogP contribution >= 0.6 is 0 Å². The number of imidazole rings is 1. The summed E-state index contributed by atoms with van der Waals surface area (Å²) in [4.78, 5) is 8.42. The van der Waals surface area contributed by atoms with Crippen molar-refractivity contribution in [2.45, 2.75) is 6.54 Å². The van der Waals surface area contributed by atoms with E-state index in [0.717, 1.165) is 17.3 Å². The molecule has 3 rings (SSSR count). The van der Waals surface area contributed by atoms with Crippen molar-refractivity contribution in [2.75, 3.05) is 5.32 Å². The number of rotatable bonds is 5. The van der Waals surface area contributed by atoms with E-state index in [0.29, 0.717) is 12.3 Å². The lowest BCUT2D eigenvalue weighted by atomic mass is 10.3. The highest BCUT2D eigenvalue weighted by molar-refractivity contribution is 5.39. The summed E-state index contributed by atoms with van der Waals surface area (Å²) in [5, 5.41) is 3.25. The Morgan fingerprint density at radius 1 is 1.05 bits per heavy atom. The van der Waals surface area contributed by atoms with E-state index < -0.39 is 0 Å². The van der Waals surface area contributed by atoms with Crippen LogP contribution in [-0.4, -0.2) is 14.5 Å². The maximum Gasteiger partial charge on any atom is 0.145 e. The van der Waals surface area contributed by atoms with E-state index in [4.69, 9.17) is 4.74 Å². The summed E-state index contributed by atoms with van der Waals surface area (Å²) in [6.45, 7) is 0.683. The highest BCUT2D eigenvalue weighted by Gasteiger charge is 2.01. The zero-order valence-corrected chi connectivity index (χ0v) is 11.7. The second-order valence-corrected chi connectivity index (χ2v) is 4.64. The van der Waals surface area contributed by atoms with Gasteiger partial charge < -0.3 is 14.6 Å². The molecule has 5 heteroatoms. The number of pyridine rings is 1. The van der Waals surface area contributed by atoms with Gasteiger partial charge in [-0.15, -0.1) is 0 Å². The van der Waals surface area contributed by atoms with Crippen LogP contribution in [0.1, 0.15) is 5.69 Å². The number of hydrogen-bond donors (Lipinski definition) is 1. The molecule has 2 heterocycles. The molecule has 0 aliphatic carbocycles. The van der Waals surface area contributed by atoms with Crippen LogP contribution in [0.25, 0.3) is 0 Å². The predicted molar refractivity (Wildman–Crippen MR) is 81.3 cm³/mol. The Labute approximate surface area is 123 Å². The molecule has 1 N–H and O–H groups in total. The molecule has 0 saturated carbocycles. The van der Waals surface area contributed by atoms with Crippen molar-refractivity contribution in [3.63, 3.8) is 0 Å². The van der Waals surface area contributed by atoms with Gasteiger partial charge in [0, 0.05) is 13.2 Å². The third-order valence-electron chi connectivity index (χ3n) is 3.08. The summed E-state index contributed by atoms with van der Waals surface area (Å²) >= 11 is 0. The van der Waals surface area contributed by atoms with Gasteiger partial charge in [-0.3, -0.25) is 0 Å². The Morgan fingerprint density at radius 3 is 2.57 bits per heavy atom. The number of nitrogens with one attached hydrogen (secondary N) is 1. The molecule has 0 amide bonds. The molecule has 0 atom stereocenters. The van der Waals surface area contributed by atoms with Gasteiger partial charge in [-0.25, -0.2) is 9.97 Å². The van der Waals surface area contributed by atoms with Crippen LogP contribution < -0.4 is 10.1 Å². The Bertz CT molecular complexity index is 692. The highest BCUT2D eigenvalue weighted by Crippen LogP contribution is 2.20. The van der Waals surface area contributed by atoms with Crippen molar-refractivity contribution in [1.29, 1.82) is 0 Å². The van der Waals surface area contributed by atoms with Crippen molar-refractivity contribution in [2.24, 2.45) is 7.05 Å². The van der Waals surface area contributed by atoms with Gasteiger partial charge in [-0.1, -0.05) is 18.2 Å². The van der Waals surface area contributed by atoms with Crippen LogP contribution in [0.3, 0.4) is 0 Å². The average molecular weight is 280 g/mol. The van der Waals surface area contributed by atoms with Gasteiger partial charge in [0.2, 0.25) is 0 Å². The van der Waals surface area contributed by atoms with Crippen LogP contribution in [0.15, 0.2) is 61.2 Å². The van der Waals surface area contributed by atoms with Gasteiger partial charge in [0.15, 0.2) is 0 Å². The molecule has 0 spiro atoms. The molecule has 106 valence electrons. The van der Waals surface area contributed by atoms with Gasteiger partial charge >= 0.3 is 0 Å². The molecule has 2 aromatic heterocycles. The number of para-hydroxylation sites is 1. The number of benzene rings is 1. The van der Waals surface area contributed by atoms with Gasteiger partial charge in [-0.05, 0) is 24.3 Å². The molecule has 5 nitrogen and oxygen atoms in total. The van der Waals surface area contributed by atoms with Gasteiger partial charge in [0.25, 0.3) is 0 Å². The zero-order valence-electron chi connectivity index (χ0n) is 11.7. The minimum Gasteiger partial charge on any atom is -0.456 e. The second-order valence-electron chi connectivity index (χ2n) is 4.64. The molecule has 0 bridgehead atoms. The summed E-state index contributed by atoms with van der Waals surface area (Å²) in [5.41, 5.74) is 1.10. The maximum atomic E-state index is 5.70. The molecule has 0 fully saturated rings. The number of ether oxygens (including phenoxy) is 1. The van der Waals surface area contributed by atoms with Crippen molar-refractivity contribution >= 4 is 5.82 Å². The quantitative estimate of drug-likeness (QED) is 0.779. The Morgan fingerprint density at radius 2 is 1.90 bits per heavy atom. The minimum atomic E-state index is 0.683. The first kappa shape index (κ1) is 13.2. The van der Waals surface area contributed by atoms with Crippen molar-refractivity contribution in [3.8, 4) is 11.5 Å². The molecule has 0 aliphatic heterocycles. The second kappa shape index (κ2) is 6.09. The lowest BCUT2D eigenvalue weighted by molar-refractivity contribution is 0.480. The van der Waals surface area contributed by atoms with Crippen molar-refractivity contribution in [3.05, 3.63) is 66.9 Å². The van der Waals surface area contributed by atoms with Gasteiger partial charge in [0.1, 0.15) is 17.3 Å². The summed E-state index contributed by atoms with van der Waals surface area (Å²) in [6.07, 6.45) is 5.32. The number of anilines is 1.